The Bertz CT molecular complexity index is 537. The molecule has 92 valence electrons. The molecule has 1 unspecified atom stereocenters. The van der Waals surface area contributed by atoms with E-state index in [1.54, 1.807) is 18.2 Å². The van der Waals surface area contributed by atoms with E-state index in [1.165, 1.54) is 0 Å². The van der Waals surface area contributed by atoms with Gasteiger partial charge in [0, 0.05) is 5.69 Å². The standard InChI is InChI=1S/C15H15NO2/c1-11(13-8-5-9-14(16)10-13)18-15(17)12-6-3-2-4-7-12/h2-11H,16H2,1H3. The van der Waals surface area contributed by atoms with Gasteiger partial charge in [0.05, 0.1) is 5.56 Å². The maximum atomic E-state index is 11.9. The zero-order valence-corrected chi connectivity index (χ0v) is 10.2. The molecule has 0 aliphatic heterocycles. The molecule has 0 aliphatic rings. The fraction of sp³-hybridized carbons (Fsp3) is 0.133. The average molecular weight is 241 g/mol. The van der Waals surface area contributed by atoms with E-state index in [0.717, 1.165) is 5.56 Å². The number of carbonyl (C=O) groups excluding carboxylic acids is 1. The molecule has 2 aromatic carbocycles. The van der Waals surface area contributed by atoms with Crippen molar-refractivity contribution in [2.24, 2.45) is 0 Å². The summed E-state index contributed by atoms with van der Waals surface area (Å²) in [7, 11) is 0. The summed E-state index contributed by atoms with van der Waals surface area (Å²) in [6.45, 7) is 1.83. The number of benzene rings is 2. The van der Waals surface area contributed by atoms with Crippen LogP contribution in [0.1, 0.15) is 28.9 Å². The maximum absolute atomic E-state index is 11.9. The van der Waals surface area contributed by atoms with E-state index in [2.05, 4.69) is 0 Å². The normalized spacial score (nSPS) is 11.8. The summed E-state index contributed by atoms with van der Waals surface area (Å²) >= 11 is 0. The van der Waals surface area contributed by atoms with E-state index < -0.39 is 0 Å². The summed E-state index contributed by atoms with van der Waals surface area (Å²) in [6, 6.07) is 16.3. The third-order valence-corrected chi connectivity index (χ3v) is 2.67. The Kier molecular flexibility index (Phi) is 3.63. The summed E-state index contributed by atoms with van der Waals surface area (Å²) in [5.41, 5.74) is 7.80. The van der Waals surface area contributed by atoms with Crippen LogP contribution >= 0.6 is 0 Å². The molecule has 0 spiro atoms. The minimum Gasteiger partial charge on any atom is -0.454 e. The molecule has 0 heterocycles. The number of rotatable bonds is 3. The second-order valence-corrected chi connectivity index (χ2v) is 4.08. The molecule has 0 saturated heterocycles. The Morgan fingerprint density at radius 2 is 1.83 bits per heavy atom. The van der Waals surface area contributed by atoms with E-state index in [-0.39, 0.29) is 12.1 Å². The van der Waals surface area contributed by atoms with Crippen molar-refractivity contribution in [2.45, 2.75) is 13.0 Å². The fourth-order valence-electron chi connectivity index (χ4n) is 1.68. The molecule has 3 nitrogen and oxygen atoms in total. The van der Waals surface area contributed by atoms with E-state index in [9.17, 15) is 4.79 Å². The molecule has 3 heteroatoms. The lowest BCUT2D eigenvalue weighted by Gasteiger charge is -2.14. The summed E-state index contributed by atoms with van der Waals surface area (Å²) < 4.78 is 5.38. The van der Waals surface area contributed by atoms with Crippen molar-refractivity contribution in [3.8, 4) is 0 Å². The first-order valence-electron chi connectivity index (χ1n) is 5.78. The second-order valence-electron chi connectivity index (χ2n) is 4.08. The summed E-state index contributed by atoms with van der Waals surface area (Å²) in [4.78, 5) is 11.9. The fourth-order valence-corrected chi connectivity index (χ4v) is 1.68. The first kappa shape index (κ1) is 12.2. The third-order valence-electron chi connectivity index (χ3n) is 2.67. The zero-order valence-electron chi connectivity index (χ0n) is 10.2. The number of hydrogen-bond donors (Lipinski definition) is 1. The first-order valence-corrected chi connectivity index (χ1v) is 5.78. The molecule has 0 aliphatic carbocycles. The van der Waals surface area contributed by atoms with Crippen LogP contribution in [-0.4, -0.2) is 5.97 Å². The molecule has 2 N–H and O–H groups in total. The van der Waals surface area contributed by atoms with Crippen LogP contribution in [0.3, 0.4) is 0 Å². The summed E-state index contributed by atoms with van der Waals surface area (Å²) in [5.74, 6) is -0.328. The Labute approximate surface area is 106 Å². The predicted molar refractivity (Wildman–Crippen MR) is 71.1 cm³/mol. The number of ether oxygens (including phenoxy) is 1. The molecule has 2 aromatic rings. The van der Waals surface area contributed by atoms with Gasteiger partial charge in [-0.15, -0.1) is 0 Å². The lowest BCUT2D eigenvalue weighted by atomic mass is 10.1. The molecule has 0 bridgehead atoms. The maximum Gasteiger partial charge on any atom is 0.338 e. The van der Waals surface area contributed by atoms with Crippen LogP contribution in [0.2, 0.25) is 0 Å². The van der Waals surface area contributed by atoms with Gasteiger partial charge in [0.2, 0.25) is 0 Å². The van der Waals surface area contributed by atoms with Crippen molar-refractivity contribution in [3.63, 3.8) is 0 Å². The molecule has 0 fully saturated rings. The highest BCUT2D eigenvalue weighted by Crippen LogP contribution is 2.20. The molecule has 1 atom stereocenters. The largest absolute Gasteiger partial charge is 0.454 e. The van der Waals surface area contributed by atoms with Gasteiger partial charge in [0.1, 0.15) is 6.10 Å². The third kappa shape index (κ3) is 2.88. The van der Waals surface area contributed by atoms with Gasteiger partial charge >= 0.3 is 5.97 Å². The highest BCUT2D eigenvalue weighted by molar-refractivity contribution is 5.89. The van der Waals surface area contributed by atoms with Gasteiger partial charge in [-0.2, -0.15) is 0 Å². The smallest absolute Gasteiger partial charge is 0.338 e. The van der Waals surface area contributed by atoms with Crippen molar-refractivity contribution in [2.75, 3.05) is 5.73 Å². The minimum absolute atomic E-state index is 0.318. The summed E-state index contributed by atoms with van der Waals surface area (Å²) in [5, 5.41) is 0. The van der Waals surface area contributed by atoms with Crippen LogP contribution in [0.5, 0.6) is 0 Å². The Balaban J connectivity index is 2.08. The van der Waals surface area contributed by atoms with Crippen molar-refractivity contribution < 1.29 is 9.53 Å². The molecule has 18 heavy (non-hydrogen) atoms. The van der Waals surface area contributed by atoms with Crippen LogP contribution in [0.15, 0.2) is 54.6 Å². The van der Waals surface area contributed by atoms with Gasteiger partial charge in [0.15, 0.2) is 0 Å². The first-order chi connectivity index (χ1) is 8.66. The van der Waals surface area contributed by atoms with Crippen molar-refractivity contribution in [1.29, 1.82) is 0 Å². The monoisotopic (exact) mass is 241 g/mol. The van der Waals surface area contributed by atoms with Crippen LogP contribution in [0, 0.1) is 0 Å². The Morgan fingerprint density at radius 1 is 1.11 bits per heavy atom. The highest BCUT2D eigenvalue weighted by atomic mass is 16.5. The lowest BCUT2D eigenvalue weighted by Crippen LogP contribution is -2.09. The van der Waals surface area contributed by atoms with Gasteiger partial charge in [0.25, 0.3) is 0 Å². The van der Waals surface area contributed by atoms with Crippen molar-refractivity contribution in [1.82, 2.24) is 0 Å². The quantitative estimate of drug-likeness (QED) is 0.663. The van der Waals surface area contributed by atoms with E-state index in [4.69, 9.17) is 10.5 Å². The van der Waals surface area contributed by atoms with Gasteiger partial charge in [-0.05, 0) is 36.8 Å². The average Bonchev–Trinajstić information content (AvgIpc) is 2.39. The topological polar surface area (TPSA) is 52.3 Å². The molecule has 0 radical (unpaired) electrons. The van der Waals surface area contributed by atoms with E-state index >= 15 is 0 Å². The van der Waals surface area contributed by atoms with E-state index in [1.807, 2.05) is 43.3 Å². The lowest BCUT2D eigenvalue weighted by molar-refractivity contribution is 0.0338. The van der Waals surface area contributed by atoms with Gasteiger partial charge in [-0.1, -0.05) is 30.3 Å². The molecule has 0 amide bonds. The molecular formula is C15H15NO2. The van der Waals surface area contributed by atoms with Crippen LogP contribution in [0.4, 0.5) is 5.69 Å². The van der Waals surface area contributed by atoms with E-state index in [0.29, 0.717) is 11.3 Å². The number of anilines is 1. The Morgan fingerprint density at radius 3 is 2.50 bits per heavy atom. The zero-order chi connectivity index (χ0) is 13.0. The second kappa shape index (κ2) is 5.36. The Hall–Kier alpha value is -2.29. The number of hydrogen-bond acceptors (Lipinski definition) is 3. The van der Waals surface area contributed by atoms with Crippen LogP contribution in [-0.2, 0) is 4.74 Å². The molecule has 0 aromatic heterocycles. The predicted octanol–water partition coefficient (Wildman–Crippen LogP) is 3.19. The molecular weight excluding hydrogens is 226 g/mol. The van der Waals surface area contributed by atoms with Gasteiger partial charge in [-0.3, -0.25) is 0 Å². The SMILES string of the molecule is CC(OC(=O)c1ccccc1)c1cccc(N)c1. The molecule has 0 saturated carbocycles. The van der Waals surface area contributed by atoms with Gasteiger partial charge < -0.3 is 10.5 Å². The minimum atomic E-state index is -0.328. The summed E-state index contributed by atoms with van der Waals surface area (Å²) in [6.07, 6.45) is -0.318. The molecule has 2 rings (SSSR count). The van der Waals surface area contributed by atoms with Crippen molar-refractivity contribution >= 4 is 11.7 Å². The number of carbonyl (C=O) groups is 1. The van der Waals surface area contributed by atoms with Gasteiger partial charge in [-0.25, -0.2) is 4.79 Å². The highest BCUT2D eigenvalue weighted by Gasteiger charge is 2.13. The number of esters is 1. The number of nitrogens with two attached hydrogens (primary N) is 1. The number of nitrogen functional groups attached to an aromatic ring is 1. The van der Waals surface area contributed by atoms with Crippen LogP contribution in [0.25, 0.3) is 0 Å². The van der Waals surface area contributed by atoms with Crippen molar-refractivity contribution in [3.05, 3.63) is 65.7 Å². The van der Waals surface area contributed by atoms with Crippen LogP contribution < -0.4 is 5.73 Å².